The van der Waals surface area contributed by atoms with Crippen LogP contribution in [-0.2, 0) is 6.18 Å². The molecule has 1 amide bonds. The van der Waals surface area contributed by atoms with E-state index in [1.807, 2.05) is 20.8 Å². The van der Waals surface area contributed by atoms with Crippen molar-refractivity contribution in [2.45, 2.75) is 58.7 Å². The van der Waals surface area contributed by atoms with Crippen molar-refractivity contribution in [3.8, 4) is 17.1 Å². The molecule has 2 aromatic rings. The van der Waals surface area contributed by atoms with Crippen LogP contribution < -0.4 is 4.74 Å². The predicted molar refractivity (Wildman–Crippen MR) is 119 cm³/mol. The van der Waals surface area contributed by atoms with Crippen LogP contribution in [0.1, 0.15) is 64.0 Å². The Labute approximate surface area is 195 Å². The van der Waals surface area contributed by atoms with Gasteiger partial charge in [-0.3, -0.25) is 4.90 Å². The van der Waals surface area contributed by atoms with E-state index in [0.717, 1.165) is 24.5 Å². The van der Waals surface area contributed by atoms with Gasteiger partial charge in [-0.1, -0.05) is 22.4 Å². The van der Waals surface area contributed by atoms with Gasteiger partial charge in [0, 0.05) is 12.1 Å². The molecule has 3 rings (SSSR count). The first kappa shape index (κ1) is 25.3. The van der Waals surface area contributed by atoms with Crippen molar-refractivity contribution < 1.29 is 32.3 Å². The van der Waals surface area contributed by atoms with Gasteiger partial charge >= 0.3 is 12.3 Å². The molecule has 1 fully saturated rings. The number of aromatic nitrogens is 2. The van der Waals surface area contributed by atoms with Gasteiger partial charge in [0.05, 0.1) is 5.56 Å². The van der Waals surface area contributed by atoms with E-state index in [2.05, 4.69) is 16.2 Å². The highest BCUT2D eigenvalue weighted by molar-refractivity contribution is 5.66. The van der Waals surface area contributed by atoms with Gasteiger partial charge < -0.3 is 14.4 Å². The number of allylic oxidation sites excluding steroid dienone is 3. The Balaban J connectivity index is 1.76. The van der Waals surface area contributed by atoms with Crippen LogP contribution in [0.2, 0.25) is 0 Å². The van der Waals surface area contributed by atoms with Crippen LogP contribution in [0.25, 0.3) is 11.4 Å². The summed E-state index contributed by atoms with van der Waals surface area (Å²) >= 11 is 0. The fourth-order valence-electron chi connectivity index (χ4n) is 3.72. The molecule has 7 nitrogen and oxygen atoms in total. The minimum absolute atomic E-state index is 0.0160. The maximum absolute atomic E-state index is 13.7. The van der Waals surface area contributed by atoms with Crippen LogP contribution in [0, 0.1) is 0 Å². The first-order valence-electron chi connectivity index (χ1n) is 11.0. The van der Waals surface area contributed by atoms with Crippen molar-refractivity contribution in [1.29, 1.82) is 0 Å². The monoisotopic (exact) mass is 479 g/mol. The molecule has 1 saturated heterocycles. The van der Waals surface area contributed by atoms with Crippen LogP contribution in [0.15, 0.2) is 46.0 Å². The molecule has 1 atom stereocenters. The van der Waals surface area contributed by atoms with Crippen molar-refractivity contribution in [1.82, 2.24) is 15.0 Å². The van der Waals surface area contributed by atoms with Crippen molar-refractivity contribution in [2.24, 2.45) is 0 Å². The van der Waals surface area contributed by atoms with E-state index >= 15 is 0 Å². The Morgan fingerprint density at radius 3 is 2.74 bits per heavy atom. The summed E-state index contributed by atoms with van der Waals surface area (Å²) in [6.07, 6.45) is 0.945. The summed E-state index contributed by atoms with van der Waals surface area (Å²) in [4.78, 5) is 16.7. The first-order valence-corrected chi connectivity index (χ1v) is 11.0. The molecule has 0 bridgehead atoms. The topological polar surface area (TPSA) is 88.7 Å². The molecule has 10 heteroatoms. The Morgan fingerprint density at radius 2 is 2.06 bits per heavy atom. The number of nitrogens with zero attached hydrogens (tertiary/aromatic N) is 3. The summed E-state index contributed by atoms with van der Waals surface area (Å²) < 4.78 is 51.8. The quantitative estimate of drug-likeness (QED) is 0.427. The van der Waals surface area contributed by atoms with Gasteiger partial charge in [-0.05, 0) is 70.7 Å². The smallest absolute Gasteiger partial charge is 0.419 e. The molecule has 1 aromatic heterocycles. The highest BCUT2D eigenvalue weighted by atomic mass is 19.4. The Kier molecular flexibility index (Phi) is 8.01. The number of hydrogen-bond donors (Lipinski definition) is 1. The first-order chi connectivity index (χ1) is 16.1. The third-order valence-corrected chi connectivity index (χ3v) is 5.53. The predicted octanol–water partition coefficient (Wildman–Crippen LogP) is 6.64. The summed E-state index contributed by atoms with van der Waals surface area (Å²) in [5, 5.41) is 13.1. The van der Waals surface area contributed by atoms with E-state index in [1.54, 1.807) is 6.08 Å². The number of amides is 1. The number of likely N-dealkylation sites (tertiary alicyclic amines) is 1. The van der Waals surface area contributed by atoms with Crippen LogP contribution in [-0.4, -0.2) is 39.4 Å². The molecule has 2 heterocycles. The maximum Gasteiger partial charge on any atom is 0.419 e. The highest BCUT2D eigenvalue weighted by Gasteiger charge is 2.36. The molecule has 34 heavy (non-hydrogen) atoms. The van der Waals surface area contributed by atoms with Gasteiger partial charge in [0.15, 0.2) is 0 Å². The van der Waals surface area contributed by atoms with E-state index in [-0.39, 0.29) is 29.6 Å². The molecule has 1 aliphatic heterocycles. The fourth-order valence-corrected chi connectivity index (χ4v) is 3.72. The standard InChI is InChI=1S/C24H28F3N3O4/c1-15(2)6-4-7-16(3)11-13-33-20-10-9-17(14-18(20)24(25,26)27)21-28-22(34-29-21)19-8-5-12-30(19)23(31)32/h6,9-11,14,19H,4-5,7-8,12-13H2,1-3H3,(H,31,32)/b16-11+/t19-/m0/s1. The van der Waals surface area contributed by atoms with Crippen LogP contribution in [0.3, 0.4) is 0 Å². The zero-order valence-electron chi connectivity index (χ0n) is 19.4. The Hall–Kier alpha value is -3.30. The molecule has 0 radical (unpaired) electrons. The average molecular weight is 479 g/mol. The number of hydrogen-bond acceptors (Lipinski definition) is 5. The molecule has 1 aliphatic rings. The van der Waals surface area contributed by atoms with Gasteiger partial charge in [0.25, 0.3) is 0 Å². The number of rotatable bonds is 8. The summed E-state index contributed by atoms with van der Waals surface area (Å²) in [6, 6.07) is 2.97. The van der Waals surface area contributed by atoms with Crippen LogP contribution in [0.5, 0.6) is 5.75 Å². The second-order valence-corrected chi connectivity index (χ2v) is 8.48. The second-order valence-electron chi connectivity index (χ2n) is 8.48. The van der Waals surface area contributed by atoms with Gasteiger partial charge in [-0.2, -0.15) is 18.2 Å². The van der Waals surface area contributed by atoms with E-state index in [1.165, 1.54) is 22.6 Å². The lowest BCUT2D eigenvalue weighted by Crippen LogP contribution is -2.28. The fraction of sp³-hybridized carbons (Fsp3) is 0.458. The third kappa shape index (κ3) is 6.39. The molecule has 0 unspecified atom stereocenters. The number of carboxylic acid groups (broad SMARTS) is 1. The van der Waals surface area contributed by atoms with Crippen LogP contribution >= 0.6 is 0 Å². The third-order valence-electron chi connectivity index (χ3n) is 5.53. The Bertz CT molecular complexity index is 1070. The molecule has 0 saturated carbocycles. The molecule has 1 aromatic carbocycles. The van der Waals surface area contributed by atoms with Crippen molar-refractivity contribution in [2.75, 3.05) is 13.2 Å². The van der Waals surface area contributed by atoms with Crippen LogP contribution in [0.4, 0.5) is 18.0 Å². The van der Waals surface area contributed by atoms with E-state index in [0.29, 0.717) is 19.4 Å². The zero-order valence-corrected chi connectivity index (χ0v) is 19.4. The lowest BCUT2D eigenvalue weighted by atomic mass is 10.1. The number of ether oxygens (including phenoxy) is 1. The average Bonchev–Trinajstić information content (AvgIpc) is 3.42. The number of alkyl halides is 3. The lowest BCUT2D eigenvalue weighted by Gasteiger charge is -2.17. The summed E-state index contributed by atoms with van der Waals surface area (Å²) in [6.45, 7) is 6.30. The van der Waals surface area contributed by atoms with Gasteiger partial charge in [0.2, 0.25) is 11.7 Å². The summed E-state index contributed by atoms with van der Waals surface area (Å²) in [5.74, 6) is -0.266. The van der Waals surface area contributed by atoms with Crippen molar-refractivity contribution in [3.63, 3.8) is 0 Å². The summed E-state index contributed by atoms with van der Waals surface area (Å²) in [7, 11) is 0. The SMILES string of the molecule is CC(C)=CCC/C(C)=C/COc1ccc(-c2noc([C@@H]3CCCN3C(=O)O)n2)cc1C(F)(F)F. The van der Waals surface area contributed by atoms with E-state index < -0.39 is 23.9 Å². The summed E-state index contributed by atoms with van der Waals surface area (Å²) in [5.41, 5.74) is 1.41. The molecular formula is C24H28F3N3O4. The van der Waals surface area contributed by atoms with E-state index in [9.17, 15) is 23.1 Å². The number of benzene rings is 1. The van der Waals surface area contributed by atoms with Gasteiger partial charge in [0.1, 0.15) is 18.4 Å². The maximum atomic E-state index is 13.7. The number of carbonyl (C=O) groups is 1. The minimum atomic E-state index is -4.65. The lowest BCUT2D eigenvalue weighted by molar-refractivity contribution is -0.138. The van der Waals surface area contributed by atoms with Gasteiger partial charge in [-0.15, -0.1) is 0 Å². The largest absolute Gasteiger partial charge is 0.489 e. The normalized spacial score (nSPS) is 16.6. The molecular weight excluding hydrogens is 451 g/mol. The molecule has 0 aliphatic carbocycles. The second kappa shape index (κ2) is 10.8. The molecule has 1 N–H and O–H groups in total. The van der Waals surface area contributed by atoms with E-state index in [4.69, 9.17) is 9.26 Å². The molecule has 184 valence electrons. The zero-order chi connectivity index (χ0) is 24.9. The van der Waals surface area contributed by atoms with Crippen molar-refractivity contribution >= 4 is 6.09 Å². The minimum Gasteiger partial charge on any atom is -0.489 e. The Morgan fingerprint density at radius 1 is 1.29 bits per heavy atom. The number of halogens is 3. The van der Waals surface area contributed by atoms with Gasteiger partial charge in [-0.25, -0.2) is 4.79 Å². The van der Waals surface area contributed by atoms with Crippen molar-refractivity contribution in [3.05, 3.63) is 53.0 Å². The highest BCUT2D eigenvalue weighted by Crippen LogP contribution is 2.39. The molecule has 0 spiro atoms.